The van der Waals surface area contributed by atoms with E-state index in [9.17, 15) is 9.18 Å². The quantitative estimate of drug-likeness (QED) is 0.583. The van der Waals surface area contributed by atoms with Gasteiger partial charge in [-0.3, -0.25) is 0 Å². The lowest BCUT2D eigenvalue weighted by atomic mass is 10.1. The van der Waals surface area contributed by atoms with Gasteiger partial charge in [-0.1, -0.05) is 6.07 Å². The summed E-state index contributed by atoms with van der Waals surface area (Å²) in [5.74, 6) is -0.417. The average Bonchev–Trinajstić information content (AvgIpc) is 2.08. The van der Waals surface area contributed by atoms with E-state index in [4.69, 9.17) is 11.6 Å². The fraction of sp³-hybridized carbons (Fsp3) is 0.125. The summed E-state index contributed by atoms with van der Waals surface area (Å²) in [7, 11) is 0. The molecule has 0 heterocycles. The molecule has 12 heavy (non-hydrogen) atoms. The van der Waals surface area contributed by atoms with E-state index in [2.05, 4.69) is 15.9 Å². The molecule has 0 aliphatic heterocycles. The third-order valence-corrected chi connectivity index (χ3v) is 2.38. The molecule has 0 N–H and O–H groups in total. The molecule has 0 aliphatic carbocycles. The van der Waals surface area contributed by atoms with Crippen molar-refractivity contribution in [2.24, 2.45) is 0 Å². The second-order valence-electron chi connectivity index (χ2n) is 2.21. The van der Waals surface area contributed by atoms with Gasteiger partial charge in [0.15, 0.2) is 0 Å². The number of halogens is 3. The highest BCUT2D eigenvalue weighted by atomic mass is 79.9. The van der Waals surface area contributed by atoms with Crippen molar-refractivity contribution in [2.45, 2.75) is 5.38 Å². The molecule has 4 heteroatoms. The maximum absolute atomic E-state index is 12.9. The van der Waals surface area contributed by atoms with Crippen LogP contribution in [-0.4, -0.2) is 6.29 Å². The van der Waals surface area contributed by atoms with Crippen LogP contribution in [0.1, 0.15) is 10.9 Å². The highest BCUT2D eigenvalue weighted by Crippen LogP contribution is 2.22. The molecule has 0 bridgehead atoms. The molecule has 0 fully saturated rings. The summed E-state index contributed by atoms with van der Waals surface area (Å²) in [6.07, 6.45) is 0.560. The molecule has 1 rings (SSSR count). The van der Waals surface area contributed by atoms with E-state index in [1.165, 1.54) is 12.1 Å². The van der Waals surface area contributed by atoms with Gasteiger partial charge in [0.25, 0.3) is 0 Å². The third-order valence-electron chi connectivity index (χ3n) is 1.38. The Morgan fingerprint density at radius 2 is 2.25 bits per heavy atom. The molecule has 1 atom stereocenters. The molecule has 1 nitrogen and oxygen atoms in total. The molecule has 1 unspecified atom stereocenters. The summed E-state index contributed by atoms with van der Waals surface area (Å²) < 4.78 is 13.2. The zero-order valence-corrected chi connectivity index (χ0v) is 8.27. The number of hydrogen-bond donors (Lipinski definition) is 0. The van der Waals surface area contributed by atoms with Crippen LogP contribution in [0.5, 0.6) is 0 Å². The van der Waals surface area contributed by atoms with Crippen LogP contribution in [0.25, 0.3) is 0 Å². The normalized spacial score (nSPS) is 12.6. The molecule has 0 radical (unpaired) electrons. The summed E-state index contributed by atoms with van der Waals surface area (Å²) in [4.78, 5) is 10.2. The van der Waals surface area contributed by atoms with Crippen LogP contribution in [0, 0.1) is 5.82 Å². The maximum atomic E-state index is 12.9. The van der Waals surface area contributed by atoms with E-state index >= 15 is 0 Å². The van der Waals surface area contributed by atoms with Crippen molar-refractivity contribution in [1.29, 1.82) is 0 Å². The van der Waals surface area contributed by atoms with Crippen molar-refractivity contribution in [3.8, 4) is 0 Å². The molecule has 0 saturated heterocycles. The van der Waals surface area contributed by atoms with Crippen LogP contribution in [0.2, 0.25) is 0 Å². The van der Waals surface area contributed by atoms with Gasteiger partial charge >= 0.3 is 0 Å². The fourth-order valence-corrected chi connectivity index (χ4v) is 1.14. The van der Waals surface area contributed by atoms with E-state index in [1.807, 2.05) is 0 Å². The van der Waals surface area contributed by atoms with Gasteiger partial charge in [-0.2, -0.15) is 0 Å². The topological polar surface area (TPSA) is 17.1 Å². The Morgan fingerprint density at radius 1 is 1.58 bits per heavy atom. The Balaban J connectivity index is 3.04. The molecule has 1 aromatic carbocycles. The maximum Gasteiger partial charge on any atom is 0.142 e. The van der Waals surface area contributed by atoms with E-state index in [-0.39, 0.29) is 0 Å². The number of aldehydes is 1. The van der Waals surface area contributed by atoms with Crippen molar-refractivity contribution in [1.82, 2.24) is 0 Å². The number of carbonyl (C=O) groups is 1. The Bertz CT molecular complexity index is 303. The van der Waals surface area contributed by atoms with E-state index in [0.29, 0.717) is 16.3 Å². The first kappa shape index (κ1) is 9.68. The van der Waals surface area contributed by atoms with E-state index in [0.717, 1.165) is 0 Å². The van der Waals surface area contributed by atoms with Gasteiger partial charge in [0.1, 0.15) is 17.5 Å². The van der Waals surface area contributed by atoms with Gasteiger partial charge in [0.05, 0.1) is 4.47 Å². The SMILES string of the molecule is O=CC(Cl)c1ccc(Br)c(F)c1. The Morgan fingerprint density at radius 3 is 2.75 bits per heavy atom. The van der Waals surface area contributed by atoms with Gasteiger partial charge in [0.2, 0.25) is 0 Å². The average molecular weight is 251 g/mol. The minimum absolute atomic E-state index is 0.362. The Labute approximate surface area is 82.7 Å². The van der Waals surface area contributed by atoms with Crippen LogP contribution in [-0.2, 0) is 4.79 Å². The molecule has 0 spiro atoms. The zero-order chi connectivity index (χ0) is 9.14. The molecule has 0 saturated carbocycles. The third kappa shape index (κ3) is 2.05. The predicted molar refractivity (Wildman–Crippen MR) is 48.8 cm³/mol. The van der Waals surface area contributed by atoms with Crippen molar-refractivity contribution < 1.29 is 9.18 Å². The van der Waals surface area contributed by atoms with Crippen LogP contribution < -0.4 is 0 Å². The lowest BCUT2D eigenvalue weighted by Crippen LogP contribution is -1.92. The number of alkyl halides is 1. The molecule has 1 aromatic rings. The van der Waals surface area contributed by atoms with Crippen molar-refractivity contribution >= 4 is 33.8 Å². The van der Waals surface area contributed by atoms with Gasteiger partial charge in [-0.15, -0.1) is 11.6 Å². The minimum Gasteiger partial charge on any atom is -0.301 e. The number of rotatable bonds is 2. The van der Waals surface area contributed by atoms with E-state index in [1.54, 1.807) is 6.07 Å². The highest BCUT2D eigenvalue weighted by molar-refractivity contribution is 9.10. The fourth-order valence-electron chi connectivity index (χ4n) is 0.762. The predicted octanol–water partition coefficient (Wildman–Crippen LogP) is 3.07. The Hall–Kier alpha value is -0.410. The summed E-state index contributed by atoms with van der Waals surface area (Å²) in [6.45, 7) is 0. The largest absolute Gasteiger partial charge is 0.301 e. The van der Waals surface area contributed by atoms with Gasteiger partial charge < -0.3 is 4.79 Å². The first-order valence-corrected chi connectivity index (χ1v) is 4.42. The first-order chi connectivity index (χ1) is 5.65. The molecular weight excluding hydrogens is 246 g/mol. The van der Waals surface area contributed by atoms with Crippen molar-refractivity contribution in [3.05, 3.63) is 34.1 Å². The molecular formula is C8H5BrClFO. The summed E-state index contributed by atoms with van der Waals surface area (Å²) >= 11 is 8.56. The lowest BCUT2D eigenvalue weighted by Gasteiger charge is -2.02. The van der Waals surface area contributed by atoms with Gasteiger partial charge in [-0.05, 0) is 33.6 Å². The number of benzene rings is 1. The molecule has 0 amide bonds. The smallest absolute Gasteiger partial charge is 0.142 e. The molecule has 0 aromatic heterocycles. The second-order valence-corrected chi connectivity index (χ2v) is 3.54. The number of carbonyl (C=O) groups excluding carboxylic acids is 1. The van der Waals surface area contributed by atoms with Gasteiger partial charge in [0, 0.05) is 0 Å². The van der Waals surface area contributed by atoms with Gasteiger partial charge in [-0.25, -0.2) is 4.39 Å². The number of hydrogen-bond acceptors (Lipinski definition) is 1. The monoisotopic (exact) mass is 250 g/mol. The summed E-state index contributed by atoms with van der Waals surface area (Å²) in [5.41, 5.74) is 0.465. The molecule has 64 valence electrons. The lowest BCUT2D eigenvalue weighted by molar-refractivity contribution is -0.107. The molecule has 0 aliphatic rings. The summed E-state index contributed by atoms with van der Waals surface area (Å²) in [6, 6.07) is 4.35. The zero-order valence-electron chi connectivity index (χ0n) is 5.93. The van der Waals surface area contributed by atoms with Crippen molar-refractivity contribution in [3.63, 3.8) is 0 Å². The van der Waals surface area contributed by atoms with Crippen LogP contribution in [0.15, 0.2) is 22.7 Å². The second kappa shape index (κ2) is 4.01. The van der Waals surface area contributed by atoms with E-state index < -0.39 is 11.2 Å². The first-order valence-electron chi connectivity index (χ1n) is 3.19. The standard InChI is InChI=1S/C8H5BrClFO/c9-6-2-1-5(3-8(6)11)7(10)4-12/h1-4,7H. The van der Waals surface area contributed by atoms with Crippen molar-refractivity contribution in [2.75, 3.05) is 0 Å². The van der Waals surface area contributed by atoms with Crippen LogP contribution in [0.3, 0.4) is 0 Å². The summed E-state index contributed by atoms with van der Waals surface area (Å²) in [5, 5.41) is -0.771. The minimum atomic E-state index is -0.771. The van der Waals surface area contributed by atoms with Crippen LogP contribution >= 0.6 is 27.5 Å². The highest BCUT2D eigenvalue weighted by Gasteiger charge is 2.08. The van der Waals surface area contributed by atoms with Crippen LogP contribution in [0.4, 0.5) is 4.39 Å². The Kier molecular flexibility index (Phi) is 3.23.